The maximum Gasteiger partial charge on any atom is 0.188 e. The highest BCUT2D eigenvalue weighted by Crippen LogP contribution is 2.17. The summed E-state index contributed by atoms with van der Waals surface area (Å²) in [7, 11) is -2.66. The number of pyridine rings is 1. The van der Waals surface area contributed by atoms with Gasteiger partial charge in [-0.2, -0.15) is 5.26 Å². The van der Waals surface area contributed by atoms with Crippen LogP contribution in [0.3, 0.4) is 0 Å². The van der Waals surface area contributed by atoms with Crippen LogP contribution in [0.2, 0.25) is 0 Å². The summed E-state index contributed by atoms with van der Waals surface area (Å²) in [6.45, 7) is 1.59. The van der Waals surface area contributed by atoms with Crippen LogP contribution in [-0.2, 0) is 9.71 Å². The lowest BCUT2D eigenvalue weighted by Gasteiger charge is -2.09. The zero-order valence-corrected chi connectivity index (χ0v) is 11.3. The zero-order valence-electron chi connectivity index (χ0n) is 9.65. The Morgan fingerprint density at radius 3 is 2.82 bits per heavy atom. The lowest BCUT2D eigenvalue weighted by Crippen LogP contribution is -2.24. The van der Waals surface area contributed by atoms with Gasteiger partial charge in [-0.3, -0.25) is 0 Å². The van der Waals surface area contributed by atoms with Crippen molar-refractivity contribution in [3.63, 3.8) is 0 Å². The van der Waals surface area contributed by atoms with Crippen LogP contribution in [0.4, 0.5) is 4.39 Å². The van der Waals surface area contributed by atoms with E-state index in [1.54, 1.807) is 19.4 Å². The second kappa shape index (κ2) is 5.38. The fraction of sp³-hybridized carbons (Fsp3) is 0.300. The lowest BCUT2D eigenvalue weighted by molar-refractivity contribution is 0.588. The third-order valence-corrected chi connectivity index (χ3v) is 4.80. The number of hydrogen-bond donors (Lipinski definition) is 1. The van der Waals surface area contributed by atoms with Crippen molar-refractivity contribution in [1.29, 1.82) is 5.26 Å². The van der Waals surface area contributed by atoms with Crippen LogP contribution in [0.1, 0.15) is 12.5 Å². The maximum absolute atomic E-state index is 13.5. The van der Waals surface area contributed by atoms with Gasteiger partial charge in [0.25, 0.3) is 0 Å². The average Bonchev–Trinajstić information content (AvgIpc) is 2.27. The maximum atomic E-state index is 13.5. The Bertz CT molecular complexity index is 586. The van der Waals surface area contributed by atoms with Crippen molar-refractivity contribution < 1.29 is 8.60 Å². The first-order valence-electron chi connectivity index (χ1n) is 4.61. The summed E-state index contributed by atoms with van der Waals surface area (Å²) < 4.78 is 27.7. The zero-order chi connectivity index (χ0) is 13.1. The van der Waals surface area contributed by atoms with Crippen molar-refractivity contribution in [1.82, 2.24) is 9.71 Å². The first-order valence-corrected chi connectivity index (χ1v) is 7.80. The molecule has 7 heteroatoms. The fourth-order valence-corrected chi connectivity index (χ4v) is 2.46. The van der Waals surface area contributed by atoms with E-state index in [2.05, 4.69) is 9.71 Å². The van der Waals surface area contributed by atoms with Gasteiger partial charge in [-0.05, 0) is 19.2 Å². The fourth-order valence-electron chi connectivity index (χ4n) is 1.16. The number of rotatable bonds is 3. The average molecular weight is 273 g/mol. The largest absolute Gasteiger partial charge is 0.249 e. The number of nitrogens with one attached hydrogen (secondary N) is 1. The molecule has 1 aromatic rings. The topological polar surface area (TPSA) is 65.8 Å². The van der Waals surface area contributed by atoms with E-state index in [0.717, 1.165) is 0 Å². The van der Waals surface area contributed by atoms with E-state index in [9.17, 15) is 8.60 Å². The third-order valence-electron chi connectivity index (χ3n) is 2.23. The molecule has 0 aliphatic carbocycles. The number of halogens is 1. The minimum atomic E-state index is -2.66. The number of hydrogen-bond acceptors (Lipinski definition) is 4. The van der Waals surface area contributed by atoms with Gasteiger partial charge >= 0.3 is 0 Å². The van der Waals surface area contributed by atoms with Crippen molar-refractivity contribution in [2.45, 2.75) is 11.9 Å². The Labute approximate surface area is 104 Å². The van der Waals surface area contributed by atoms with Gasteiger partial charge in [0.1, 0.15) is 5.03 Å². The minimum absolute atomic E-state index is 0.289. The second-order valence-corrected chi connectivity index (χ2v) is 6.63. The molecule has 1 unspecified atom stereocenters. The van der Waals surface area contributed by atoms with E-state index in [-0.39, 0.29) is 5.03 Å². The standard InChI is InChI=1S/C10H12FN3OS2/c1-7(17(3,15)14-6-12)8-4-9(11)10(16-2)13-5-8/h4-5H,1-3H3,(H,14,15). The lowest BCUT2D eigenvalue weighted by atomic mass is 10.2. The Kier molecular flexibility index (Phi) is 4.37. The minimum Gasteiger partial charge on any atom is -0.249 e. The van der Waals surface area contributed by atoms with Crippen molar-refractivity contribution in [2.24, 2.45) is 0 Å². The molecule has 0 aliphatic heterocycles. The van der Waals surface area contributed by atoms with E-state index in [0.29, 0.717) is 10.4 Å². The van der Waals surface area contributed by atoms with E-state index in [1.165, 1.54) is 30.3 Å². The first kappa shape index (κ1) is 13.8. The Balaban J connectivity index is 3.33. The highest BCUT2D eigenvalue weighted by Gasteiger charge is 2.10. The van der Waals surface area contributed by atoms with Crippen LogP contribution >= 0.6 is 11.8 Å². The van der Waals surface area contributed by atoms with Gasteiger partial charge in [-0.25, -0.2) is 18.3 Å². The van der Waals surface area contributed by atoms with Crippen molar-refractivity contribution >= 4 is 26.3 Å². The summed E-state index contributed by atoms with van der Waals surface area (Å²) in [4.78, 5) is 4.32. The van der Waals surface area contributed by atoms with Crippen LogP contribution in [-0.4, -0.2) is 26.6 Å². The van der Waals surface area contributed by atoms with Gasteiger partial charge in [0.2, 0.25) is 0 Å². The SMILES string of the molecule is CSc1ncc(C(C)=S(C)(=O)NC#N)cc1F. The van der Waals surface area contributed by atoms with E-state index in [1.807, 2.05) is 0 Å². The second-order valence-electron chi connectivity index (χ2n) is 3.33. The number of nitriles is 1. The molecule has 0 bridgehead atoms. The Morgan fingerprint density at radius 1 is 1.71 bits per heavy atom. The Hall–Kier alpha value is -1.26. The normalized spacial score (nSPS) is 13.6. The molecule has 1 N–H and O–H groups in total. The highest BCUT2D eigenvalue weighted by atomic mass is 32.2. The van der Waals surface area contributed by atoms with Crippen molar-refractivity contribution in [2.75, 3.05) is 12.5 Å². The van der Waals surface area contributed by atoms with E-state index >= 15 is 0 Å². The molecule has 0 amide bonds. The third kappa shape index (κ3) is 3.11. The molecule has 0 saturated carbocycles. The predicted molar refractivity (Wildman–Crippen MR) is 68.6 cm³/mol. The van der Waals surface area contributed by atoms with Gasteiger partial charge in [0.05, 0.1) is 9.71 Å². The van der Waals surface area contributed by atoms with Crippen LogP contribution in [0.25, 0.3) is 0 Å². The van der Waals surface area contributed by atoms with Gasteiger partial charge in [-0.15, -0.1) is 11.8 Å². The molecule has 92 valence electrons. The molecule has 1 heterocycles. The molecule has 4 nitrogen and oxygen atoms in total. The van der Waals surface area contributed by atoms with Crippen LogP contribution in [0.5, 0.6) is 0 Å². The van der Waals surface area contributed by atoms with Crippen LogP contribution < -0.4 is 4.72 Å². The molecule has 1 atom stereocenters. The summed E-state index contributed by atoms with van der Waals surface area (Å²) in [5.41, 5.74) is 0.426. The summed E-state index contributed by atoms with van der Waals surface area (Å²) in [6, 6.07) is 1.27. The van der Waals surface area contributed by atoms with Gasteiger partial charge in [0.15, 0.2) is 12.0 Å². The van der Waals surface area contributed by atoms with Gasteiger partial charge < -0.3 is 0 Å². The van der Waals surface area contributed by atoms with Gasteiger partial charge in [-0.1, -0.05) is 0 Å². The molecule has 17 heavy (non-hydrogen) atoms. The van der Waals surface area contributed by atoms with Crippen molar-refractivity contribution in [3.8, 4) is 6.19 Å². The summed E-state index contributed by atoms with van der Waals surface area (Å²) in [6.07, 6.45) is 6.20. The van der Waals surface area contributed by atoms with Crippen LogP contribution in [0.15, 0.2) is 17.3 Å². The first-order chi connectivity index (χ1) is 7.92. The molecule has 0 aromatic carbocycles. The molecule has 0 aliphatic rings. The number of nitrogens with zero attached hydrogens (tertiary/aromatic N) is 2. The summed E-state index contributed by atoms with van der Waals surface area (Å²) in [5, 5.41) is 8.78. The molecule has 0 spiro atoms. The van der Waals surface area contributed by atoms with E-state index in [4.69, 9.17) is 5.26 Å². The number of aromatic nitrogens is 1. The Morgan fingerprint density at radius 2 is 2.35 bits per heavy atom. The molecule has 0 fully saturated rings. The smallest absolute Gasteiger partial charge is 0.188 e. The molecule has 1 rings (SSSR count). The highest BCUT2D eigenvalue weighted by molar-refractivity contribution is 8.00. The van der Waals surface area contributed by atoms with E-state index < -0.39 is 15.5 Å². The van der Waals surface area contributed by atoms with Crippen LogP contribution in [0, 0.1) is 17.3 Å². The monoisotopic (exact) mass is 273 g/mol. The number of thioether (sulfide) groups is 1. The summed E-state index contributed by atoms with van der Waals surface area (Å²) in [5.74, 6) is -0.457. The molecule has 0 saturated heterocycles. The molecular formula is C10H12FN3OS2. The predicted octanol–water partition coefficient (Wildman–Crippen LogP) is 1.38. The molecule has 1 aromatic heterocycles. The van der Waals surface area contributed by atoms with Gasteiger partial charge in [0, 0.05) is 22.9 Å². The summed E-state index contributed by atoms with van der Waals surface area (Å²) >= 11 is 1.20. The molecule has 0 radical (unpaired) electrons. The van der Waals surface area contributed by atoms with Crippen molar-refractivity contribution in [3.05, 3.63) is 23.6 Å². The molecular weight excluding hydrogens is 261 g/mol. The quantitative estimate of drug-likeness (QED) is 0.297.